The van der Waals surface area contributed by atoms with Crippen LogP contribution < -0.4 is 5.32 Å². The molecular weight excluding hydrogens is 118 g/mol. The van der Waals surface area contributed by atoms with Gasteiger partial charge in [-0.1, -0.05) is 6.08 Å². The predicted molar refractivity (Wildman–Crippen MR) is 38.8 cm³/mol. The first-order valence-corrected chi connectivity index (χ1v) is 4.02. The van der Waals surface area contributed by atoms with Crippen molar-refractivity contribution in [2.75, 3.05) is 12.4 Å². The van der Waals surface area contributed by atoms with Crippen molar-refractivity contribution in [2.45, 2.75) is 12.8 Å². The minimum absolute atomic E-state index is 1.08. The average molecular weight is 129 g/mol. The quantitative estimate of drug-likeness (QED) is 0.533. The highest BCUT2D eigenvalue weighted by Crippen LogP contribution is 2.03. The van der Waals surface area contributed by atoms with Gasteiger partial charge in [-0.05, 0) is 24.8 Å². The van der Waals surface area contributed by atoms with Crippen molar-refractivity contribution >= 4 is 11.8 Å². The number of allylic oxidation sites excluding steroid dienone is 1. The van der Waals surface area contributed by atoms with E-state index in [9.17, 15) is 0 Å². The largest absolute Gasteiger partial charge is 0.308 e. The van der Waals surface area contributed by atoms with Crippen molar-refractivity contribution in [1.29, 1.82) is 0 Å². The lowest BCUT2D eigenvalue weighted by Crippen LogP contribution is -2.14. The molecule has 46 valence electrons. The second-order valence-corrected chi connectivity index (χ2v) is 2.72. The molecule has 2 heteroatoms. The first-order chi connectivity index (χ1) is 4.00. The summed E-state index contributed by atoms with van der Waals surface area (Å²) in [5.74, 6) is 1.08. The van der Waals surface area contributed by atoms with E-state index < -0.39 is 0 Å². The third-order valence-corrected chi connectivity index (χ3v) is 1.86. The normalized spacial score (nSPS) is 22.0. The fourth-order valence-electron chi connectivity index (χ4n) is 0.660. The molecule has 1 aliphatic rings. The van der Waals surface area contributed by atoms with Crippen molar-refractivity contribution in [3.8, 4) is 0 Å². The summed E-state index contributed by atoms with van der Waals surface area (Å²) in [7, 11) is 0. The standard InChI is InChI=1S/C6H11NS/c1-2-4-7-6-8-5-3-1/h3,5,7H,1-2,4,6H2. The van der Waals surface area contributed by atoms with Crippen molar-refractivity contribution in [1.82, 2.24) is 5.32 Å². The van der Waals surface area contributed by atoms with E-state index in [-0.39, 0.29) is 0 Å². The van der Waals surface area contributed by atoms with Gasteiger partial charge in [-0.25, -0.2) is 0 Å². The highest BCUT2D eigenvalue weighted by atomic mass is 32.2. The van der Waals surface area contributed by atoms with Gasteiger partial charge in [0.1, 0.15) is 0 Å². The molecule has 0 spiro atoms. The minimum Gasteiger partial charge on any atom is -0.308 e. The summed E-state index contributed by atoms with van der Waals surface area (Å²) in [6, 6.07) is 0. The Bertz CT molecular complexity index is 70.6. The van der Waals surface area contributed by atoms with E-state index in [2.05, 4.69) is 16.8 Å². The van der Waals surface area contributed by atoms with E-state index in [1.54, 1.807) is 0 Å². The van der Waals surface area contributed by atoms with Gasteiger partial charge in [0.2, 0.25) is 0 Å². The predicted octanol–water partition coefficient (Wildman–Crippen LogP) is 1.57. The van der Waals surface area contributed by atoms with Crippen molar-refractivity contribution in [3.05, 3.63) is 11.5 Å². The fraction of sp³-hybridized carbons (Fsp3) is 0.667. The van der Waals surface area contributed by atoms with Gasteiger partial charge in [0.15, 0.2) is 0 Å². The molecule has 1 heterocycles. The van der Waals surface area contributed by atoms with Crippen LogP contribution in [0.4, 0.5) is 0 Å². The van der Waals surface area contributed by atoms with Gasteiger partial charge >= 0.3 is 0 Å². The zero-order valence-corrected chi connectivity index (χ0v) is 5.71. The second kappa shape index (κ2) is 3.98. The lowest BCUT2D eigenvalue weighted by Gasteiger charge is -2.02. The zero-order chi connectivity index (χ0) is 5.66. The number of hydrogen-bond acceptors (Lipinski definition) is 2. The van der Waals surface area contributed by atoms with E-state index in [0.717, 1.165) is 5.88 Å². The van der Waals surface area contributed by atoms with Crippen molar-refractivity contribution < 1.29 is 0 Å². The molecule has 0 aromatic heterocycles. The maximum Gasteiger partial charge on any atom is 0.0459 e. The van der Waals surface area contributed by atoms with Crippen LogP contribution in [-0.4, -0.2) is 12.4 Å². The van der Waals surface area contributed by atoms with Crippen LogP contribution >= 0.6 is 11.8 Å². The Morgan fingerprint density at radius 3 is 3.50 bits per heavy atom. The monoisotopic (exact) mass is 129 g/mol. The molecule has 1 aliphatic heterocycles. The number of nitrogens with one attached hydrogen (secondary N) is 1. The molecule has 0 aliphatic carbocycles. The Morgan fingerprint density at radius 2 is 2.50 bits per heavy atom. The first-order valence-electron chi connectivity index (χ1n) is 2.97. The molecule has 0 amide bonds. The molecule has 0 aromatic rings. The van der Waals surface area contributed by atoms with E-state index in [4.69, 9.17) is 0 Å². The van der Waals surface area contributed by atoms with Crippen LogP contribution in [0.3, 0.4) is 0 Å². The summed E-state index contributed by atoms with van der Waals surface area (Å²) >= 11 is 1.84. The number of rotatable bonds is 0. The molecule has 0 unspecified atom stereocenters. The van der Waals surface area contributed by atoms with Gasteiger partial charge < -0.3 is 5.32 Å². The Morgan fingerprint density at radius 1 is 1.50 bits per heavy atom. The van der Waals surface area contributed by atoms with Gasteiger partial charge in [-0.3, -0.25) is 0 Å². The van der Waals surface area contributed by atoms with Crippen LogP contribution in [0, 0.1) is 0 Å². The van der Waals surface area contributed by atoms with Crippen LogP contribution in [0.5, 0.6) is 0 Å². The molecular formula is C6H11NS. The molecule has 0 fully saturated rings. The van der Waals surface area contributed by atoms with Crippen LogP contribution in [-0.2, 0) is 0 Å². The average Bonchev–Trinajstić information content (AvgIpc) is 1.62. The van der Waals surface area contributed by atoms with Crippen LogP contribution in [0.25, 0.3) is 0 Å². The van der Waals surface area contributed by atoms with E-state index in [1.165, 1.54) is 19.4 Å². The maximum absolute atomic E-state index is 3.30. The molecule has 0 saturated heterocycles. The third kappa shape index (κ3) is 2.38. The highest BCUT2D eigenvalue weighted by molar-refractivity contribution is 8.02. The summed E-state index contributed by atoms with van der Waals surface area (Å²) in [5, 5.41) is 5.47. The van der Waals surface area contributed by atoms with Gasteiger partial charge in [0.05, 0.1) is 0 Å². The van der Waals surface area contributed by atoms with E-state index in [0.29, 0.717) is 0 Å². The lowest BCUT2D eigenvalue weighted by molar-refractivity contribution is 0.721. The Labute approximate surface area is 54.5 Å². The number of hydrogen-bond donors (Lipinski definition) is 1. The van der Waals surface area contributed by atoms with Gasteiger partial charge in [-0.15, -0.1) is 11.8 Å². The molecule has 1 nitrogen and oxygen atoms in total. The molecule has 0 atom stereocenters. The second-order valence-electron chi connectivity index (χ2n) is 1.83. The third-order valence-electron chi connectivity index (χ3n) is 1.10. The van der Waals surface area contributed by atoms with E-state index >= 15 is 0 Å². The summed E-state index contributed by atoms with van der Waals surface area (Å²) in [4.78, 5) is 0. The Kier molecular flexibility index (Phi) is 3.07. The zero-order valence-electron chi connectivity index (χ0n) is 4.89. The number of thioether (sulfide) groups is 1. The first kappa shape index (κ1) is 6.17. The van der Waals surface area contributed by atoms with Crippen LogP contribution in [0.1, 0.15) is 12.8 Å². The Balaban J connectivity index is 2.17. The van der Waals surface area contributed by atoms with E-state index in [1.807, 2.05) is 11.8 Å². The SMILES string of the molecule is C1=CSCNCCC1. The summed E-state index contributed by atoms with van der Waals surface area (Å²) < 4.78 is 0. The molecule has 0 bridgehead atoms. The van der Waals surface area contributed by atoms with Crippen molar-refractivity contribution in [2.24, 2.45) is 0 Å². The van der Waals surface area contributed by atoms with Gasteiger partial charge in [-0.2, -0.15) is 0 Å². The summed E-state index contributed by atoms with van der Waals surface area (Å²) in [5.41, 5.74) is 0. The molecule has 8 heavy (non-hydrogen) atoms. The molecule has 0 radical (unpaired) electrons. The van der Waals surface area contributed by atoms with Crippen LogP contribution in [0.2, 0.25) is 0 Å². The lowest BCUT2D eigenvalue weighted by atomic mass is 10.3. The van der Waals surface area contributed by atoms with Crippen LogP contribution in [0.15, 0.2) is 11.5 Å². The molecule has 0 saturated carbocycles. The topological polar surface area (TPSA) is 12.0 Å². The summed E-state index contributed by atoms with van der Waals surface area (Å²) in [6.45, 7) is 1.18. The fourth-order valence-corrected chi connectivity index (χ4v) is 1.29. The highest BCUT2D eigenvalue weighted by Gasteiger charge is 1.88. The van der Waals surface area contributed by atoms with Gasteiger partial charge in [0, 0.05) is 5.88 Å². The molecule has 1 N–H and O–H groups in total. The maximum atomic E-state index is 3.30. The Hall–Kier alpha value is 0.0500. The van der Waals surface area contributed by atoms with Gasteiger partial charge in [0.25, 0.3) is 0 Å². The minimum atomic E-state index is 1.08. The molecule has 0 aromatic carbocycles. The van der Waals surface area contributed by atoms with Crippen molar-refractivity contribution in [3.63, 3.8) is 0 Å². The summed E-state index contributed by atoms with van der Waals surface area (Å²) in [6.07, 6.45) is 4.77. The smallest absolute Gasteiger partial charge is 0.0459 e. The molecule has 1 rings (SSSR count).